The monoisotopic (exact) mass is 488 g/mol. The normalized spacial score (nSPS) is 30.3. The number of piperazine rings is 1. The molecule has 0 N–H and O–H groups in total. The number of allylic oxidation sites excluding steroid dienone is 2. The van der Waals surface area contributed by atoms with Gasteiger partial charge in [-0.15, -0.1) is 0 Å². The summed E-state index contributed by atoms with van der Waals surface area (Å²) in [6, 6.07) is 5.01. The fourth-order valence-corrected chi connectivity index (χ4v) is 6.23. The van der Waals surface area contributed by atoms with Crippen molar-refractivity contribution in [2.75, 3.05) is 39.8 Å². The molecule has 0 bridgehead atoms. The molecule has 0 aliphatic carbocycles. The highest BCUT2D eigenvalue weighted by atomic mass is 19.4. The number of piperidine rings is 1. The molecule has 5 heterocycles. The third-order valence-electron chi connectivity index (χ3n) is 8.02. The molecular formula is C26H35F3N6. The number of aryl methyl sites for hydroxylation is 1. The van der Waals surface area contributed by atoms with Gasteiger partial charge in [0.05, 0.1) is 30.4 Å². The molecule has 4 aliphatic rings. The Morgan fingerprint density at radius 3 is 2.60 bits per heavy atom. The summed E-state index contributed by atoms with van der Waals surface area (Å²) in [4.78, 5) is 18.4. The highest BCUT2D eigenvalue weighted by molar-refractivity contribution is 5.97. The van der Waals surface area contributed by atoms with Crippen LogP contribution in [0.15, 0.2) is 47.4 Å². The number of pyridine rings is 1. The molecular weight excluding hydrogens is 453 g/mol. The van der Waals surface area contributed by atoms with Crippen molar-refractivity contribution >= 4 is 5.84 Å². The van der Waals surface area contributed by atoms with Gasteiger partial charge in [0, 0.05) is 38.4 Å². The van der Waals surface area contributed by atoms with Crippen LogP contribution in [0, 0.1) is 6.92 Å². The average molecular weight is 489 g/mol. The maximum Gasteiger partial charge on any atom is 0.401 e. The Morgan fingerprint density at radius 1 is 1.11 bits per heavy atom. The quantitative estimate of drug-likeness (QED) is 0.641. The molecule has 2 fully saturated rings. The lowest BCUT2D eigenvalue weighted by Gasteiger charge is -2.45. The van der Waals surface area contributed by atoms with E-state index in [1.54, 1.807) is 0 Å². The first-order valence-electron chi connectivity index (χ1n) is 12.7. The van der Waals surface area contributed by atoms with E-state index in [2.05, 4.69) is 53.8 Å². The first kappa shape index (κ1) is 24.3. The van der Waals surface area contributed by atoms with E-state index >= 15 is 0 Å². The lowest BCUT2D eigenvalue weighted by atomic mass is 9.87. The second-order valence-corrected chi connectivity index (χ2v) is 10.2. The molecule has 1 aromatic rings. The summed E-state index contributed by atoms with van der Waals surface area (Å²) in [5, 5.41) is 0. The van der Waals surface area contributed by atoms with Crippen LogP contribution < -0.4 is 0 Å². The number of fused-ring (bicyclic) bond motifs is 1. The molecule has 0 amide bonds. The van der Waals surface area contributed by atoms with Crippen molar-refractivity contribution in [1.29, 1.82) is 0 Å². The van der Waals surface area contributed by atoms with Gasteiger partial charge in [0.15, 0.2) is 0 Å². The maximum absolute atomic E-state index is 12.8. The Kier molecular flexibility index (Phi) is 6.65. The molecule has 4 aliphatic heterocycles. The lowest BCUT2D eigenvalue weighted by Crippen LogP contribution is -2.54. The molecule has 6 nitrogen and oxygen atoms in total. The number of nitrogens with zero attached hydrogens (tertiary/aromatic N) is 6. The molecule has 0 aromatic carbocycles. The van der Waals surface area contributed by atoms with Gasteiger partial charge in [-0.3, -0.25) is 19.8 Å². The van der Waals surface area contributed by atoms with E-state index < -0.39 is 12.7 Å². The van der Waals surface area contributed by atoms with Crippen molar-refractivity contribution in [3.8, 4) is 0 Å². The molecule has 0 radical (unpaired) electrons. The number of amidine groups is 1. The van der Waals surface area contributed by atoms with Crippen molar-refractivity contribution < 1.29 is 13.2 Å². The van der Waals surface area contributed by atoms with E-state index in [4.69, 9.17) is 9.98 Å². The van der Waals surface area contributed by atoms with Gasteiger partial charge < -0.3 is 9.80 Å². The first-order valence-corrected chi connectivity index (χ1v) is 12.7. The highest BCUT2D eigenvalue weighted by Crippen LogP contribution is 2.39. The van der Waals surface area contributed by atoms with E-state index in [1.807, 2.05) is 18.3 Å². The summed E-state index contributed by atoms with van der Waals surface area (Å²) < 4.78 is 38.5. The molecule has 0 saturated carbocycles. The second-order valence-electron chi connectivity index (χ2n) is 10.2. The number of likely N-dealkylation sites (tertiary alicyclic amines) is 1. The van der Waals surface area contributed by atoms with Crippen molar-refractivity contribution in [1.82, 2.24) is 24.6 Å². The predicted molar refractivity (Wildman–Crippen MR) is 131 cm³/mol. The largest absolute Gasteiger partial charge is 0.401 e. The van der Waals surface area contributed by atoms with Crippen molar-refractivity contribution in [2.45, 2.75) is 63.5 Å². The van der Waals surface area contributed by atoms with Crippen LogP contribution >= 0.6 is 0 Å². The number of hydrogen-bond donors (Lipinski definition) is 0. The van der Waals surface area contributed by atoms with Crippen LogP contribution in [0.1, 0.15) is 43.5 Å². The zero-order chi connectivity index (χ0) is 24.7. The Morgan fingerprint density at radius 2 is 1.89 bits per heavy atom. The van der Waals surface area contributed by atoms with Gasteiger partial charge >= 0.3 is 6.18 Å². The van der Waals surface area contributed by atoms with Gasteiger partial charge in [0.25, 0.3) is 0 Å². The van der Waals surface area contributed by atoms with Crippen molar-refractivity contribution in [3.63, 3.8) is 0 Å². The number of aromatic nitrogens is 1. The molecule has 2 unspecified atom stereocenters. The van der Waals surface area contributed by atoms with Crippen molar-refractivity contribution in [3.05, 3.63) is 53.6 Å². The van der Waals surface area contributed by atoms with E-state index in [0.29, 0.717) is 32.2 Å². The van der Waals surface area contributed by atoms with Crippen LogP contribution in [0.2, 0.25) is 0 Å². The molecule has 2 saturated heterocycles. The van der Waals surface area contributed by atoms with Crippen LogP contribution in [0.25, 0.3) is 0 Å². The smallest absolute Gasteiger partial charge is 0.355 e. The summed E-state index contributed by atoms with van der Waals surface area (Å²) in [7, 11) is 2.21. The van der Waals surface area contributed by atoms with Gasteiger partial charge in [0.1, 0.15) is 11.7 Å². The number of aliphatic imine (C=N–C) groups is 1. The third-order valence-corrected chi connectivity index (χ3v) is 8.02. The van der Waals surface area contributed by atoms with Crippen LogP contribution in [0.5, 0.6) is 0 Å². The Balaban J connectivity index is 1.30. The molecule has 4 atom stereocenters. The molecule has 9 heteroatoms. The third kappa shape index (κ3) is 4.85. The summed E-state index contributed by atoms with van der Waals surface area (Å²) >= 11 is 0. The van der Waals surface area contributed by atoms with Gasteiger partial charge in [0.2, 0.25) is 0 Å². The topological polar surface area (TPSA) is 38.2 Å². The summed E-state index contributed by atoms with van der Waals surface area (Å²) in [5.74, 6) is 2.02. The minimum absolute atomic E-state index is 0.125. The second kappa shape index (κ2) is 9.58. The summed E-state index contributed by atoms with van der Waals surface area (Å²) in [6.45, 7) is 5.53. The number of alkyl halides is 3. The Labute approximate surface area is 205 Å². The lowest BCUT2D eigenvalue weighted by molar-refractivity contribution is -0.148. The van der Waals surface area contributed by atoms with E-state index in [-0.39, 0.29) is 18.1 Å². The maximum atomic E-state index is 12.8. The highest BCUT2D eigenvalue weighted by Gasteiger charge is 2.44. The summed E-state index contributed by atoms with van der Waals surface area (Å²) in [6.07, 6.45) is 7.23. The Hall–Kier alpha value is -2.39. The molecule has 0 spiro atoms. The van der Waals surface area contributed by atoms with Crippen molar-refractivity contribution in [2.24, 2.45) is 4.99 Å². The standard InChI is InChI=1S/C26H35F3N6/c1-18-7-6-12-30-24(18)20-8-4-9-21(32(20)3)25-19(2)35-22(31-25)10-5-11-23(35)34-15-13-33(14-16-34)17-26(27,28)29/h5-7,10-12,19-21,25H,4,8-9,13-17H2,1-3H3/t19?,20-,21+,25?/m0/s1. The summed E-state index contributed by atoms with van der Waals surface area (Å²) in [5.41, 5.74) is 2.39. The zero-order valence-electron chi connectivity index (χ0n) is 20.7. The van der Waals surface area contributed by atoms with E-state index in [1.165, 1.54) is 10.5 Å². The van der Waals surface area contributed by atoms with Gasteiger partial charge in [-0.2, -0.15) is 13.2 Å². The van der Waals surface area contributed by atoms with E-state index in [9.17, 15) is 13.2 Å². The Bertz CT molecular complexity index is 1010. The first-order chi connectivity index (χ1) is 16.7. The molecule has 35 heavy (non-hydrogen) atoms. The minimum atomic E-state index is -4.15. The molecule has 190 valence electrons. The van der Waals surface area contributed by atoms with Crippen LogP contribution in [0.3, 0.4) is 0 Å². The number of rotatable bonds is 4. The van der Waals surface area contributed by atoms with Gasteiger partial charge in [-0.05, 0) is 63.9 Å². The predicted octanol–water partition coefficient (Wildman–Crippen LogP) is 3.98. The number of likely N-dealkylation sites (N-methyl/N-ethyl adjacent to an activating group) is 1. The SMILES string of the molecule is Cc1cccnc1[C@@H]1CCC[C@H](C2N=C3C=CC=C(N4CCN(CC(F)(F)F)CC4)N3C2C)N1C. The fourth-order valence-electron chi connectivity index (χ4n) is 6.23. The zero-order valence-corrected chi connectivity index (χ0v) is 20.7. The van der Waals surface area contributed by atoms with Gasteiger partial charge in [-0.1, -0.05) is 12.1 Å². The van der Waals surface area contributed by atoms with E-state index in [0.717, 1.165) is 36.6 Å². The number of hydrogen-bond acceptors (Lipinski definition) is 6. The van der Waals surface area contributed by atoms with Crippen LogP contribution in [-0.4, -0.2) is 94.5 Å². The minimum Gasteiger partial charge on any atom is -0.355 e. The number of halogens is 3. The fraction of sp³-hybridized carbons (Fsp3) is 0.615. The molecule has 5 rings (SSSR count). The van der Waals surface area contributed by atoms with Crippen LogP contribution in [0.4, 0.5) is 13.2 Å². The average Bonchev–Trinajstić information content (AvgIpc) is 3.16. The molecule has 1 aromatic heterocycles. The van der Waals surface area contributed by atoms with Gasteiger partial charge in [-0.25, -0.2) is 0 Å². The van der Waals surface area contributed by atoms with Crippen LogP contribution in [-0.2, 0) is 0 Å².